The molecule has 1 aromatic rings. The highest BCUT2D eigenvalue weighted by Gasteiger charge is 2.33. The molecular weight excluding hydrogens is 328 g/mol. The van der Waals surface area contributed by atoms with Gasteiger partial charge in [0.1, 0.15) is 11.5 Å². The average molecular weight is 358 g/mol. The van der Waals surface area contributed by atoms with Gasteiger partial charge in [-0.15, -0.1) is 0 Å². The molecule has 0 aromatic heterocycles. The van der Waals surface area contributed by atoms with Crippen molar-refractivity contribution in [1.29, 1.82) is 0 Å². The third-order valence-electron chi connectivity index (χ3n) is 5.48. The van der Waals surface area contributed by atoms with Crippen molar-refractivity contribution in [3.8, 4) is 5.75 Å². The third-order valence-corrected chi connectivity index (χ3v) is 5.48. The molecule has 1 amide bonds. The Morgan fingerprint density at radius 1 is 1.15 bits per heavy atom. The highest BCUT2D eigenvalue weighted by atomic mass is 16.5. The predicted octanol–water partition coefficient (Wildman–Crippen LogP) is 2.67. The molecule has 2 unspecified atom stereocenters. The van der Waals surface area contributed by atoms with Crippen LogP contribution in [0.2, 0.25) is 0 Å². The molecule has 0 radical (unpaired) electrons. The quantitative estimate of drug-likeness (QED) is 0.752. The minimum atomic E-state index is -0.476. The fourth-order valence-corrected chi connectivity index (χ4v) is 3.91. The molecule has 2 aliphatic rings. The summed E-state index contributed by atoms with van der Waals surface area (Å²) >= 11 is 0. The molecule has 0 saturated carbocycles. The molecule has 5 nitrogen and oxygen atoms in total. The van der Waals surface area contributed by atoms with E-state index in [9.17, 15) is 9.59 Å². The number of rotatable bonds is 7. The second-order valence-electron chi connectivity index (χ2n) is 7.58. The zero-order chi connectivity index (χ0) is 18.5. The Hall–Kier alpha value is -1.88. The lowest BCUT2D eigenvalue weighted by atomic mass is 10.1. The van der Waals surface area contributed by atoms with Crippen molar-refractivity contribution in [1.82, 2.24) is 9.80 Å². The Balaban J connectivity index is 1.48. The fraction of sp³-hybridized carbons (Fsp3) is 0.619. The number of ketones is 1. The van der Waals surface area contributed by atoms with Crippen LogP contribution in [0, 0.1) is 0 Å². The van der Waals surface area contributed by atoms with E-state index in [2.05, 4.69) is 4.90 Å². The van der Waals surface area contributed by atoms with Gasteiger partial charge in [-0.1, -0.05) is 12.1 Å². The van der Waals surface area contributed by atoms with Crippen molar-refractivity contribution < 1.29 is 14.3 Å². The van der Waals surface area contributed by atoms with E-state index in [0.29, 0.717) is 18.2 Å². The van der Waals surface area contributed by atoms with Crippen LogP contribution in [0.3, 0.4) is 0 Å². The predicted molar refractivity (Wildman–Crippen MR) is 101 cm³/mol. The van der Waals surface area contributed by atoms with Crippen molar-refractivity contribution in [2.45, 2.75) is 58.1 Å². The number of carbonyl (C=O) groups is 2. The number of aryl methyl sites for hydroxylation is 1. The maximum Gasteiger partial charge on any atom is 0.263 e. The fourth-order valence-electron chi connectivity index (χ4n) is 3.91. The Kier molecular flexibility index (Phi) is 6.30. The van der Waals surface area contributed by atoms with Crippen LogP contribution in [0.5, 0.6) is 5.75 Å². The molecule has 2 heterocycles. The number of benzene rings is 1. The number of Topliss-reactive ketones (excluding diaryl/α,β-unsaturated/α-hetero) is 1. The molecule has 5 heteroatoms. The van der Waals surface area contributed by atoms with Crippen molar-refractivity contribution in [2.75, 3.05) is 26.2 Å². The van der Waals surface area contributed by atoms with Crippen LogP contribution in [-0.4, -0.2) is 59.8 Å². The van der Waals surface area contributed by atoms with Gasteiger partial charge in [0.25, 0.3) is 5.91 Å². The molecule has 2 saturated heterocycles. The molecular formula is C21H30N2O3. The van der Waals surface area contributed by atoms with Gasteiger partial charge in [0.15, 0.2) is 6.10 Å². The number of hydrogen-bond acceptors (Lipinski definition) is 4. The van der Waals surface area contributed by atoms with E-state index in [-0.39, 0.29) is 11.7 Å². The molecule has 0 bridgehead atoms. The van der Waals surface area contributed by atoms with Gasteiger partial charge >= 0.3 is 0 Å². The number of likely N-dealkylation sites (tertiary alicyclic amines) is 2. The lowest BCUT2D eigenvalue weighted by Gasteiger charge is -2.25. The Bertz CT molecular complexity index is 623. The zero-order valence-corrected chi connectivity index (χ0v) is 15.9. The topological polar surface area (TPSA) is 49.9 Å². The van der Waals surface area contributed by atoms with Gasteiger partial charge < -0.3 is 14.4 Å². The molecule has 142 valence electrons. The first-order chi connectivity index (χ1) is 12.5. The molecule has 2 fully saturated rings. The highest BCUT2D eigenvalue weighted by Crippen LogP contribution is 2.22. The van der Waals surface area contributed by atoms with Crippen LogP contribution in [0.4, 0.5) is 0 Å². The van der Waals surface area contributed by atoms with E-state index in [0.717, 1.165) is 31.5 Å². The largest absolute Gasteiger partial charge is 0.481 e. The van der Waals surface area contributed by atoms with Crippen LogP contribution in [0.25, 0.3) is 0 Å². The van der Waals surface area contributed by atoms with Gasteiger partial charge in [-0.3, -0.25) is 9.69 Å². The van der Waals surface area contributed by atoms with Gasteiger partial charge in [-0.25, -0.2) is 0 Å². The van der Waals surface area contributed by atoms with Crippen LogP contribution >= 0.6 is 0 Å². The van der Waals surface area contributed by atoms with E-state index in [1.807, 2.05) is 36.1 Å². The minimum Gasteiger partial charge on any atom is -0.481 e. The van der Waals surface area contributed by atoms with Crippen LogP contribution in [0.1, 0.15) is 45.1 Å². The normalized spacial score (nSPS) is 21.8. The molecule has 1 aromatic carbocycles. The maximum absolute atomic E-state index is 12.7. The first-order valence-electron chi connectivity index (χ1n) is 9.81. The number of ether oxygens (including phenoxy) is 1. The lowest BCUT2D eigenvalue weighted by molar-refractivity contribution is -0.137. The molecule has 3 rings (SSSR count). The summed E-state index contributed by atoms with van der Waals surface area (Å²) in [4.78, 5) is 28.2. The van der Waals surface area contributed by atoms with Crippen molar-refractivity contribution in [3.05, 3.63) is 29.8 Å². The summed E-state index contributed by atoms with van der Waals surface area (Å²) in [6.45, 7) is 7.45. The second kappa shape index (κ2) is 8.67. The third kappa shape index (κ3) is 4.85. The zero-order valence-electron chi connectivity index (χ0n) is 15.9. The van der Waals surface area contributed by atoms with E-state index in [4.69, 9.17) is 4.74 Å². The van der Waals surface area contributed by atoms with Gasteiger partial charge in [-0.2, -0.15) is 0 Å². The first-order valence-corrected chi connectivity index (χ1v) is 9.81. The van der Waals surface area contributed by atoms with Crippen molar-refractivity contribution in [2.24, 2.45) is 0 Å². The van der Waals surface area contributed by atoms with Crippen LogP contribution in [-0.2, 0) is 16.0 Å². The average Bonchev–Trinajstić information content (AvgIpc) is 3.31. The van der Waals surface area contributed by atoms with Gasteiger partial charge in [0.05, 0.1) is 0 Å². The molecule has 2 atom stereocenters. The highest BCUT2D eigenvalue weighted by molar-refractivity contribution is 5.81. The summed E-state index contributed by atoms with van der Waals surface area (Å²) < 4.78 is 5.86. The van der Waals surface area contributed by atoms with Crippen LogP contribution in [0.15, 0.2) is 24.3 Å². The molecule has 26 heavy (non-hydrogen) atoms. The SMILES string of the molecule is CC(=O)CCc1ccc(OC(C)C(=O)N2CCC(N3CCCC3)C2)cc1. The number of hydrogen-bond donors (Lipinski definition) is 0. The summed E-state index contributed by atoms with van der Waals surface area (Å²) in [6.07, 6.45) is 4.47. The monoisotopic (exact) mass is 358 g/mol. The van der Waals surface area contributed by atoms with E-state index < -0.39 is 6.10 Å². The van der Waals surface area contributed by atoms with Crippen LogP contribution < -0.4 is 4.74 Å². The number of amides is 1. The summed E-state index contributed by atoms with van der Waals surface area (Å²) in [6, 6.07) is 8.23. The second-order valence-corrected chi connectivity index (χ2v) is 7.58. The smallest absolute Gasteiger partial charge is 0.263 e. The first kappa shape index (κ1) is 18.9. The standard InChI is InChI=1S/C21H30N2O3/c1-16(24)5-6-18-7-9-20(10-8-18)26-17(2)21(25)23-14-11-19(15-23)22-12-3-4-13-22/h7-10,17,19H,3-6,11-15H2,1-2H3. The number of carbonyl (C=O) groups excluding carboxylic acids is 2. The van der Waals surface area contributed by atoms with Crippen molar-refractivity contribution in [3.63, 3.8) is 0 Å². The Morgan fingerprint density at radius 3 is 2.50 bits per heavy atom. The maximum atomic E-state index is 12.7. The van der Waals surface area contributed by atoms with Gasteiger partial charge in [0.2, 0.25) is 0 Å². The Labute approximate surface area is 156 Å². The lowest BCUT2D eigenvalue weighted by Crippen LogP contribution is -2.41. The number of nitrogens with zero attached hydrogens (tertiary/aromatic N) is 2. The summed E-state index contributed by atoms with van der Waals surface area (Å²) in [5, 5.41) is 0. The molecule has 0 spiro atoms. The van der Waals surface area contributed by atoms with Crippen molar-refractivity contribution >= 4 is 11.7 Å². The summed E-state index contributed by atoms with van der Waals surface area (Å²) in [5.74, 6) is 0.975. The minimum absolute atomic E-state index is 0.0763. The van der Waals surface area contributed by atoms with E-state index in [1.54, 1.807) is 6.92 Å². The van der Waals surface area contributed by atoms with E-state index in [1.165, 1.54) is 25.9 Å². The summed E-state index contributed by atoms with van der Waals surface area (Å²) in [7, 11) is 0. The van der Waals surface area contributed by atoms with E-state index >= 15 is 0 Å². The van der Waals surface area contributed by atoms with Gasteiger partial charge in [-0.05, 0) is 70.3 Å². The Morgan fingerprint density at radius 2 is 1.85 bits per heavy atom. The molecule has 2 aliphatic heterocycles. The van der Waals surface area contributed by atoms with Gasteiger partial charge in [0, 0.05) is 25.6 Å². The molecule has 0 N–H and O–H groups in total. The molecule has 0 aliphatic carbocycles. The summed E-state index contributed by atoms with van der Waals surface area (Å²) in [5.41, 5.74) is 1.11.